The van der Waals surface area contributed by atoms with Crippen LogP contribution in [0, 0.1) is 5.92 Å². The van der Waals surface area contributed by atoms with Crippen molar-refractivity contribution in [3.05, 3.63) is 60.4 Å². The van der Waals surface area contributed by atoms with Crippen molar-refractivity contribution in [2.24, 2.45) is 5.92 Å². The van der Waals surface area contributed by atoms with Crippen molar-refractivity contribution in [2.75, 3.05) is 38.6 Å². The van der Waals surface area contributed by atoms with E-state index in [1.807, 2.05) is 47.5 Å². The fourth-order valence-electron chi connectivity index (χ4n) is 4.74. The first-order valence-corrected chi connectivity index (χ1v) is 12.4. The summed E-state index contributed by atoms with van der Waals surface area (Å²) < 4.78 is 5.41. The number of methoxy groups -OCH3 is 1. The van der Waals surface area contributed by atoms with Crippen molar-refractivity contribution in [1.82, 2.24) is 29.7 Å². The summed E-state index contributed by atoms with van der Waals surface area (Å²) in [7, 11) is 1.62. The van der Waals surface area contributed by atoms with E-state index in [9.17, 15) is 4.79 Å². The number of nitrogens with zero attached hydrogens (tertiary/aromatic N) is 5. The summed E-state index contributed by atoms with van der Waals surface area (Å²) in [6.07, 6.45) is 5.67. The molecular formula is C27H29N7O2. The van der Waals surface area contributed by atoms with E-state index in [1.54, 1.807) is 13.3 Å². The van der Waals surface area contributed by atoms with Crippen molar-refractivity contribution in [3.8, 4) is 17.0 Å². The number of piperazine rings is 1. The van der Waals surface area contributed by atoms with Crippen LogP contribution < -0.4 is 10.1 Å². The molecule has 36 heavy (non-hydrogen) atoms. The zero-order chi connectivity index (χ0) is 24.5. The summed E-state index contributed by atoms with van der Waals surface area (Å²) in [6.45, 7) is 4.27. The number of carbonyl (C=O) groups is 1. The lowest BCUT2D eigenvalue weighted by atomic mass is 10.1. The van der Waals surface area contributed by atoms with Gasteiger partial charge in [0.05, 0.1) is 18.1 Å². The number of nitrogens with one attached hydrogen (secondary N) is 2. The maximum absolute atomic E-state index is 12.3. The van der Waals surface area contributed by atoms with E-state index in [4.69, 9.17) is 4.74 Å². The molecule has 6 rings (SSSR count). The molecule has 1 aliphatic carbocycles. The van der Waals surface area contributed by atoms with Gasteiger partial charge in [-0.15, -0.1) is 0 Å². The summed E-state index contributed by atoms with van der Waals surface area (Å²) in [5.74, 6) is 2.61. The van der Waals surface area contributed by atoms with Gasteiger partial charge in [0.25, 0.3) is 0 Å². The normalized spacial score (nSPS) is 16.3. The number of aromatic amines is 1. The van der Waals surface area contributed by atoms with Gasteiger partial charge in [-0.2, -0.15) is 0 Å². The second-order valence-electron chi connectivity index (χ2n) is 9.43. The lowest BCUT2D eigenvalue weighted by Crippen LogP contribution is -2.48. The van der Waals surface area contributed by atoms with E-state index in [2.05, 4.69) is 36.2 Å². The SMILES string of the molecule is COc1ncccc1-c1ccc2nc(Nc3cc(CN4CCN(C(=O)C5CC5)CC4)ccn3)[nH]c2c1. The molecule has 184 valence electrons. The molecule has 2 N–H and O–H groups in total. The Balaban J connectivity index is 1.12. The molecule has 1 aliphatic heterocycles. The lowest BCUT2D eigenvalue weighted by molar-refractivity contribution is -0.134. The first-order chi connectivity index (χ1) is 17.7. The summed E-state index contributed by atoms with van der Waals surface area (Å²) >= 11 is 0. The third-order valence-corrected chi connectivity index (χ3v) is 6.84. The van der Waals surface area contributed by atoms with E-state index >= 15 is 0 Å². The van der Waals surface area contributed by atoms with Crippen molar-refractivity contribution in [2.45, 2.75) is 19.4 Å². The van der Waals surface area contributed by atoms with Crippen molar-refractivity contribution < 1.29 is 9.53 Å². The zero-order valence-corrected chi connectivity index (χ0v) is 20.3. The van der Waals surface area contributed by atoms with Gasteiger partial charge in [0.15, 0.2) is 0 Å². The van der Waals surface area contributed by atoms with Gasteiger partial charge in [0, 0.05) is 56.6 Å². The Bertz CT molecular complexity index is 1390. The van der Waals surface area contributed by atoms with Crippen molar-refractivity contribution in [1.29, 1.82) is 0 Å². The number of benzene rings is 1. The molecule has 9 heteroatoms. The predicted molar refractivity (Wildman–Crippen MR) is 138 cm³/mol. The van der Waals surface area contributed by atoms with Gasteiger partial charge >= 0.3 is 0 Å². The molecule has 4 heterocycles. The summed E-state index contributed by atoms with van der Waals surface area (Å²) in [5.41, 5.74) is 4.88. The van der Waals surface area contributed by atoms with Crippen LogP contribution in [0.25, 0.3) is 22.2 Å². The third-order valence-electron chi connectivity index (χ3n) is 6.84. The van der Waals surface area contributed by atoms with E-state index in [-0.39, 0.29) is 0 Å². The van der Waals surface area contributed by atoms with Crippen LogP contribution in [0.3, 0.4) is 0 Å². The number of H-pyrrole nitrogens is 1. The van der Waals surface area contributed by atoms with Gasteiger partial charge in [-0.3, -0.25) is 9.69 Å². The number of anilines is 2. The number of hydrogen-bond acceptors (Lipinski definition) is 7. The highest BCUT2D eigenvalue weighted by Gasteiger charge is 2.34. The zero-order valence-electron chi connectivity index (χ0n) is 20.3. The van der Waals surface area contributed by atoms with Gasteiger partial charge in [-0.25, -0.2) is 15.0 Å². The van der Waals surface area contributed by atoms with E-state index in [0.717, 1.165) is 73.5 Å². The molecule has 1 amide bonds. The monoisotopic (exact) mass is 483 g/mol. The topological polar surface area (TPSA) is 99.3 Å². The van der Waals surface area contributed by atoms with Crippen LogP contribution in [0.2, 0.25) is 0 Å². The minimum absolute atomic E-state index is 0.299. The predicted octanol–water partition coefficient (Wildman–Crippen LogP) is 3.83. The van der Waals surface area contributed by atoms with Gasteiger partial charge in [-0.1, -0.05) is 6.07 Å². The molecule has 0 bridgehead atoms. The molecule has 0 unspecified atom stereocenters. The largest absolute Gasteiger partial charge is 0.481 e. The van der Waals surface area contributed by atoms with Crippen LogP contribution in [-0.2, 0) is 11.3 Å². The number of fused-ring (bicyclic) bond motifs is 1. The second kappa shape index (κ2) is 9.58. The Morgan fingerprint density at radius 2 is 1.94 bits per heavy atom. The summed E-state index contributed by atoms with van der Waals surface area (Å²) in [6, 6.07) is 14.0. The number of hydrogen-bond donors (Lipinski definition) is 2. The Morgan fingerprint density at radius 1 is 1.08 bits per heavy atom. The van der Waals surface area contributed by atoms with Crippen LogP contribution >= 0.6 is 0 Å². The molecule has 3 aromatic heterocycles. The first-order valence-electron chi connectivity index (χ1n) is 12.4. The van der Waals surface area contributed by atoms with Crippen LogP contribution in [-0.4, -0.2) is 68.9 Å². The number of ether oxygens (including phenoxy) is 1. The van der Waals surface area contributed by atoms with Gasteiger partial charge in [0.1, 0.15) is 5.82 Å². The highest BCUT2D eigenvalue weighted by Crippen LogP contribution is 2.32. The Morgan fingerprint density at radius 3 is 2.75 bits per heavy atom. The van der Waals surface area contributed by atoms with Crippen LogP contribution in [0.1, 0.15) is 18.4 Å². The second-order valence-corrected chi connectivity index (χ2v) is 9.43. The van der Waals surface area contributed by atoms with Gasteiger partial charge in [0.2, 0.25) is 17.7 Å². The first kappa shape index (κ1) is 22.5. The standard InChI is InChI=1S/C27H29N7O2/c1-36-25-21(3-2-9-29-25)20-6-7-22-23(16-20)31-27(30-22)32-24-15-18(8-10-28-24)17-33-11-13-34(14-12-33)26(35)19-4-5-19/h2-3,6-10,15-16,19H,4-5,11-14,17H2,1H3,(H2,28,30,31,32). The van der Waals surface area contributed by atoms with E-state index < -0.39 is 0 Å². The molecule has 2 aliphatic rings. The van der Waals surface area contributed by atoms with Gasteiger partial charge < -0.3 is 19.9 Å². The number of imidazole rings is 1. The fraction of sp³-hybridized carbons (Fsp3) is 0.333. The van der Waals surface area contributed by atoms with Crippen LogP contribution in [0.5, 0.6) is 5.88 Å². The molecule has 2 fully saturated rings. The van der Waals surface area contributed by atoms with E-state index in [1.165, 1.54) is 5.56 Å². The summed E-state index contributed by atoms with van der Waals surface area (Å²) in [4.78, 5) is 33.5. The maximum Gasteiger partial charge on any atom is 0.225 e. The maximum atomic E-state index is 12.3. The smallest absolute Gasteiger partial charge is 0.225 e. The average molecular weight is 484 g/mol. The number of rotatable bonds is 7. The lowest BCUT2D eigenvalue weighted by Gasteiger charge is -2.34. The quantitative estimate of drug-likeness (QED) is 0.412. The number of carbonyl (C=O) groups excluding carboxylic acids is 1. The molecular weight excluding hydrogens is 454 g/mol. The van der Waals surface area contributed by atoms with Crippen molar-refractivity contribution >= 4 is 28.7 Å². The molecule has 0 spiro atoms. The molecule has 1 aromatic carbocycles. The minimum Gasteiger partial charge on any atom is -0.481 e. The molecule has 0 atom stereocenters. The van der Waals surface area contributed by atoms with Crippen LogP contribution in [0.15, 0.2) is 54.9 Å². The highest BCUT2D eigenvalue weighted by atomic mass is 16.5. The van der Waals surface area contributed by atoms with Crippen molar-refractivity contribution in [3.63, 3.8) is 0 Å². The molecule has 0 radical (unpaired) electrons. The summed E-state index contributed by atoms with van der Waals surface area (Å²) in [5, 5.41) is 3.31. The highest BCUT2D eigenvalue weighted by molar-refractivity contribution is 5.85. The molecule has 9 nitrogen and oxygen atoms in total. The third kappa shape index (κ3) is 4.74. The van der Waals surface area contributed by atoms with Gasteiger partial charge in [-0.05, 0) is 60.4 Å². The Labute approximate surface area is 209 Å². The Kier molecular flexibility index (Phi) is 5.98. The van der Waals surface area contributed by atoms with E-state index in [0.29, 0.717) is 23.7 Å². The number of pyridine rings is 2. The number of aromatic nitrogens is 4. The molecule has 1 saturated carbocycles. The fourth-order valence-corrected chi connectivity index (χ4v) is 4.74. The van der Waals surface area contributed by atoms with Crippen LogP contribution in [0.4, 0.5) is 11.8 Å². The number of amides is 1. The average Bonchev–Trinajstić information content (AvgIpc) is 3.68. The Hall–Kier alpha value is -3.98. The minimum atomic E-state index is 0.299. The molecule has 1 saturated heterocycles. The molecule has 4 aromatic rings.